The minimum absolute atomic E-state index is 0.688. The van der Waals surface area contributed by atoms with Crippen LogP contribution in [0.1, 0.15) is 50.1 Å². The Balaban J connectivity index is 0.0000000981. The predicted octanol–water partition coefficient (Wildman–Crippen LogP) is 12.9. The van der Waals surface area contributed by atoms with Crippen molar-refractivity contribution in [3.8, 4) is 22.7 Å². The van der Waals surface area contributed by atoms with Crippen LogP contribution in [0.3, 0.4) is 0 Å². The number of aromatic nitrogens is 8. The van der Waals surface area contributed by atoms with Gasteiger partial charge in [0.15, 0.2) is 48.9 Å². The van der Waals surface area contributed by atoms with Crippen molar-refractivity contribution in [2.75, 3.05) is 0 Å². The Bertz CT molecular complexity index is 4700. The van der Waals surface area contributed by atoms with Gasteiger partial charge >= 0.3 is 0 Å². The van der Waals surface area contributed by atoms with Gasteiger partial charge in [-0.2, -0.15) is 0 Å². The van der Waals surface area contributed by atoms with Gasteiger partial charge in [0, 0.05) is 16.7 Å². The van der Waals surface area contributed by atoms with E-state index in [4.69, 9.17) is 26.3 Å². The Kier molecular flexibility index (Phi) is 10.8. The monoisotopic (exact) mass is 998 g/mol. The summed E-state index contributed by atoms with van der Waals surface area (Å²) in [4.78, 5) is 14.1. The molecule has 0 N–H and O–H groups in total. The van der Waals surface area contributed by atoms with E-state index in [0.717, 1.165) is 48.1 Å². The molecule has 0 saturated heterocycles. The minimum Gasteiger partial charge on any atom is -0.238 e. The van der Waals surface area contributed by atoms with E-state index in [1.54, 1.807) is 0 Å². The maximum atomic E-state index is 7.16. The van der Waals surface area contributed by atoms with E-state index in [2.05, 4.69) is 189 Å². The van der Waals surface area contributed by atoms with Crippen LogP contribution in [-0.4, -0.2) is 18.7 Å². The van der Waals surface area contributed by atoms with Gasteiger partial charge in [0.1, 0.15) is 44.8 Å². The summed E-state index contributed by atoms with van der Waals surface area (Å²) in [6.07, 6.45) is 8.60. The molecule has 0 atom stereocenters. The van der Waals surface area contributed by atoms with E-state index in [1.165, 1.54) is 94.5 Å². The molecule has 0 saturated carbocycles. The molecule has 8 heterocycles. The smallest absolute Gasteiger partial charge is 0.204 e. The molecule has 0 unspecified atom stereocenters. The summed E-state index contributed by atoms with van der Waals surface area (Å²) < 4.78 is 17.8. The summed E-state index contributed by atoms with van der Waals surface area (Å²) in [5.41, 5.74) is 24.3. The number of nitrogens with zero attached hydrogens (tertiary/aromatic N) is 12. The van der Waals surface area contributed by atoms with E-state index in [1.807, 2.05) is 66.7 Å². The quantitative estimate of drug-likeness (QED) is 0.107. The van der Waals surface area contributed by atoms with Crippen molar-refractivity contribution in [3.63, 3.8) is 0 Å². The van der Waals surface area contributed by atoms with Crippen LogP contribution in [0.15, 0.2) is 164 Å². The summed E-state index contributed by atoms with van der Waals surface area (Å²) in [5, 5.41) is 4.67. The molecule has 4 aromatic heterocycles. The number of hydrogen-bond donors (Lipinski definition) is 0. The number of hydrogen-bond acceptors (Lipinski definition) is 0. The molecule has 77 heavy (non-hydrogen) atoms. The molecule has 12 heteroatoms. The highest BCUT2D eigenvalue weighted by Gasteiger charge is 2.33. The Morgan fingerprint density at radius 3 is 1.43 bits per heavy atom. The fraction of sp³-hybridized carbons (Fsp3) is 0.138. The molecule has 16 rings (SSSR count). The molecule has 0 bridgehead atoms. The first-order valence-electron chi connectivity index (χ1n) is 25.6. The Hall–Kier alpha value is -10.4. The SMILES string of the molecule is [C-]#[N+]c1ccc2c(c1)c[n+]1n2-c2c(C)cc(C)c(C)c2C1.[C-]#[N+]c1ccc2c[n+]3n(c2c1)-c1cc(C)ccc1C3.[C-]#[N+]c1ccc2c[n+]3n(c2c1)-c1ccc(C)cc1C3.[C-]#[N+]c1ccc2c[n+]3n(c2c1)-c1ccccc1C3. The number of aryl methyl sites for hydroxylation is 4. The molecule has 12 nitrogen and oxygen atoms in total. The Morgan fingerprint density at radius 1 is 0.364 bits per heavy atom. The second kappa shape index (κ2) is 17.9. The largest absolute Gasteiger partial charge is 0.238 e. The highest BCUT2D eigenvalue weighted by atomic mass is 15.4. The Morgan fingerprint density at radius 2 is 0.831 bits per heavy atom. The molecule has 0 radical (unpaired) electrons. The third-order valence-electron chi connectivity index (χ3n) is 15.5. The molecular formula is C65H50N12+4. The topological polar surface area (TPSA) is 52.7 Å². The lowest BCUT2D eigenvalue weighted by atomic mass is 9.98. The van der Waals surface area contributed by atoms with E-state index < -0.39 is 0 Å². The standard InChI is InChI=1S/C18H16N3.2C16H12N3.C15H10N3/c1-11-7-12(2)18-16(13(11)3)10-20-9-14-8-15(19-4)5-6-17(14)21(18)20;1-11-3-6-15-13(7-11)10-18-9-12-4-5-14(17-2)8-16(12)19(15)18;1-11-3-4-12-9-18-10-13-5-6-14(17-2)8-16(13)19(18)15(12)7-11;1-16-13-7-6-12-10-17-9-11-4-2-3-5-14(11)18(17)15(12)8-13/h5-9H,10H2,1-3H3;3-9H,10H2,1H3;3-8,10H,9H2,1H3;2-8,10H,9H2/q4*+1. The second-order valence-corrected chi connectivity index (χ2v) is 20.4. The lowest BCUT2D eigenvalue weighted by Crippen LogP contribution is -2.36. The van der Waals surface area contributed by atoms with Crippen molar-refractivity contribution in [1.29, 1.82) is 0 Å². The molecule has 12 aromatic rings. The van der Waals surface area contributed by atoms with Gasteiger partial charge in [0.25, 0.3) is 0 Å². The third-order valence-corrected chi connectivity index (χ3v) is 15.5. The fourth-order valence-electron chi connectivity index (χ4n) is 11.8. The summed E-state index contributed by atoms with van der Waals surface area (Å²) >= 11 is 0. The van der Waals surface area contributed by atoms with Crippen LogP contribution in [0, 0.1) is 60.9 Å². The van der Waals surface area contributed by atoms with E-state index in [0.29, 0.717) is 22.7 Å². The van der Waals surface area contributed by atoms with E-state index in [9.17, 15) is 0 Å². The molecule has 4 aliphatic rings. The molecule has 8 aromatic carbocycles. The summed E-state index contributed by atoms with van der Waals surface area (Å²) in [5.74, 6) is 0. The zero-order valence-electron chi connectivity index (χ0n) is 43.3. The lowest BCUT2D eigenvalue weighted by Gasteiger charge is -2.08. The zero-order chi connectivity index (χ0) is 52.8. The van der Waals surface area contributed by atoms with Crippen molar-refractivity contribution in [2.24, 2.45) is 0 Å². The van der Waals surface area contributed by atoms with Crippen LogP contribution in [0.5, 0.6) is 0 Å². The molecule has 0 fully saturated rings. The number of fused-ring (bicyclic) bond motifs is 20. The van der Waals surface area contributed by atoms with Crippen LogP contribution in [0.25, 0.3) is 85.7 Å². The van der Waals surface area contributed by atoms with Crippen molar-refractivity contribution < 1.29 is 18.7 Å². The van der Waals surface area contributed by atoms with Gasteiger partial charge in [-0.05, 0) is 111 Å². The summed E-state index contributed by atoms with van der Waals surface area (Å²) in [6.45, 7) is 43.0. The highest BCUT2D eigenvalue weighted by Crippen LogP contribution is 2.34. The Labute approximate surface area is 445 Å². The fourth-order valence-corrected chi connectivity index (χ4v) is 11.8. The van der Waals surface area contributed by atoms with Crippen LogP contribution in [0.2, 0.25) is 0 Å². The zero-order valence-corrected chi connectivity index (χ0v) is 43.3. The number of benzene rings is 8. The van der Waals surface area contributed by atoms with Crippen LogP contribution in [0.4, 0.5) is 22.7 Å². The number of para-hydroxylation sites is 1. The first kappa shape index (κ1) is 46.4. The van der Waals surface area contributed by atoms with Gasteiger partial charge in [0.05, 0.1) is 53.4 Å². The first-order chi connectivity index (χ1) is 37.5. The second-order valence-electron chi connectivity index (χ2n) is 20.4. The lowest BCUT2D eigenvalue weighted by molar-refractivity contribution is -0.749. The van der Waals surface area contributed by atoms with Crippen LogP contribution in [-0.2, 0) is 26.2 Å². The van der Waals surface area contributed by atoms with Crippen molar-refractivity contribution in [2.45, 2.75) is 60.8 Å². The number of rotatable bonds is 0. The van der Waals surface area contributed by atoms with E-state index in [-0.39, 0.29) is 0 Å². The average molecular weight is 999 g/mol. The van der Waals surface area contributed by atoms with Gasteiger partial charge in [-0.3, -0.25) is 0 Å². The van der Waals surface area contributed by atoms with Crippen LogP contribution < -0.4 is 18.7 Å². The van der Waals surface area contributed by atoms with Gasteiger partial charge in [-0.1, -0.05) is 90.5 Å². The maximum absolute atomic E-state index is 7.16. The first-order valence-corrected chi connectivity index (χ1v) is 25.6. The average Bonchev–Trinajstić information content (AvgIpc) is 4.41. The van der Waals surface area contributed by atoms with Gasteiger partial charge in [-0.15, -0.1) is 37.5 Å². The normalized spacial score (nSPS) is 12.2. The van der Waals surface area contributed by atoms with Gasteiger partial charge in [0.2, 0.25) is 24.8 Å². The summed E-state index contributed by atoms with van der Waals surface area (Å²) in [7, 11) is 0. The van der Waals surface area contributed by atoms with Gasteiger partial charge in [-0.25, -0.2) is 19.4 Å². The summed E-state index contributed by atoms with van der Waals surface area (Å²) in [6, 6.07) is 47.3. The molecular weight excluding hydrogens is 949 g/mol. The molecule has 366 valence electrons. The van der Waals surface area contributed by atoms with Crippen molar-refractivity contribution in [1.82, 2.24) is 18.7 Å². The van der Waals surface area contributed by atoms with E-state index >= 15 is 0 Å². The molecule has 4 aliphatic heterocycles. The van der Waals surface area contributed by atoms with Crippen molar-refractivity contribution in [3.05, 3.63) is 260 Å². The predicted molar refractivity (Wildman–Crippen MR) is 299 cm³/mol. The molecule has 0 spiro atoms. The molecule has 0 aliphatic carbocycles. The minimum atomic E-state index is 0.688. The highest BCUT2D eigenvalue weighted by molar-refractivity contribution is 5.86. The van der Waals surface area contributed by atoms with Crippen molar-refractivity contribution >= 4 is 66.4 Å². The molecule has 0 amide bonds. The third kappa shape index (κ3) is 7.62. The maximum Gasteiger partial charge on any atom is 0.204 e. The van der Waals surface area contributed by atoms with Crippen LogP contribution >= 0.6 is 0 Å². The van der Waals surface area contributed by atoms with Gasteiger partial charge < -0.3 is 0 Å².